The summed E-state index contributed by atoms with van der Waals surface area (Å²) < 4.78 is 466. The fourth-order valence-corrected chi connectivity index (χ4v) is 9.28. The molecular formula is C63H94F27N7O27. The fourth-order valence-electron chi connectivity index (χ4n) is 9.28. The minimum Gasteiger partial charge on any atom is -0.394 e. The minimum atomic E-state index is -8.37. The molecule has 0 fully saturated rings. The van der Waals surface area contributed by atoms with Crippen molar-refractivity contribution in [1.29, 1.82) is 0 Å². The second-order valence-electron chi connectivity index (χ2n) is 24.8. The molecule has 0 radical (unpaired) electrons. The molecule has 7 amide bonds. The molecule has 0 aromatic heterocycles. The van der Waals surface area contributed by atoms with Gasteiger partial charge in [-0.15, -0.1) is 0 Å². The van der Waals surface area contributed by atoms with Crippen LogP contribution in [0, 0.1) is 5.41 Å². The number of nitrogens with one attached hydrogen (secondary N) is 4. The lowest BCUT2D eigenvalue weighted by Crippen LogP contribution is -2.71. The number of carbonyl (C=O) groups excluding carboxylic acids is 7. The van der Waals surface area contributed by atoms with Gasteiger partial charge in [0, 0.05) is 26.2 Å². The van der Waals surface area contributed by atoms with Gasteiger partial charge in [-0.05, 0) is 0 Å². The quantitative estimate of drug-likeness (QED) is 0.0315. The normalized spacial score (nSPS) is 13.3. The van der Waals surface area contributed by atoms with E-state index in [0.29, 0.717) is 0 Å². The first-order valence-corrected chi connectivity index (χ1v) is 35.9. The molecular weight excluding hydrogens is 1800 g/mol. The number of hydrogen-bond acceptors (Lipinski definition) is 27. The van der Waals surface area contributed by atoms with Crippen LogP contribution in [-0.2, 0) is 109 Å². The zero-order valence-electron chi connectivity index (χ0n) is 65.1. The molecule has 0 rings (SSSR count). The highest BCUT2D eigenvalue weighted by Gasteiger charge is 2.89. The Balaban J connectivity index is 8.92. The van der Waals surface area contributed by atoms with E-state index < -0.39 is 249 Å². The van der Waals surface area contributed by atoms with Crippen LogP contribution in [0.4, 0.5) is 119 Å². The van der Waals surface area contributed by atoms with E-state index >= 15 is 0 Å². The molecule has 0 aliphatic rings. The van der Waals surface area contributed by atoms with E-state index in [-0.39, 0.29) is 168 Å². The number of aliphatic hydroxyl groups is 4. The van der Waals surface area contributed by atoms with Crippen LogP contribution in [0.15, 0.2) is 0 Å². The molecule has 8 N–H and O–H groups in total. The summed E-state index contributed by atoms with van der Waals surface area (Å²) >= 11 is 0. The molecule has 0 atom stereocenters. The van der Waals surface area contributed by atoms with E-state index in [2.05, 4.69) is 40.2 Å². The smallest absolute Gasteiger partial charge is 0.394 e. The van der Waals surface area contributed by atoms with Gasteiger partial charge < -0.3 is 132 Å². The predicted molar refractivity (Wildman–Crippen MR) is 354 cm³/mol. The maximum absolute atomic E-state index is 14.6. The maximum atomic E-state index is 14.6. The van der Waals surface area contributed by atoms with Crippen molar-refractivity contribution in [2.75, 3.05) is 283 Å². The highest BCUT2D eigenvalue weighted by molar-refractivity contribution is 5.95. The van der Waals surface area contributed by atoms with Gasteiger partial charge in [-0.1, -0.05) is 0 Å². The highest BCUT2D eigenvalue weighted by atomic mass is 19.5. The lowest BCUT2D eigenvalue weighted by molar-refractivity contribution is -0.474. The van der Waals surface area contributed by atoms with E-state index in [1.807, 2.05) is 0 Å². The van der Waals surface area contributed by atoms with Crippen molar-refractivity contribution in [3.8, 4) is 0 Å². The molecule has 0 unspecified atom stereocenters. The Kier molecular flexibility index (Phi) is 54.5. The lowest BCUT2D eigenvalue weighted by Gasteiger charge is -2.45. The van der Waals surface area contributed by atoms with Crippen molar-refractivity contribution in [2.24, 2.45) is 5.41 Å². The molecule has 124 heavy (non-hydrogen) atoms. The van der Waals surface area contributed by atoms with Crippen LogP contribution in [0.2, 0.25) is 0 Å². The van der Waals surface area contributed by atoms with Gasteiger partial charge in [0.2, 0.25) is 41.4 Å². The molecule has 732 valence electrons. The number of alkyl halides is 27. The number of amides is 7. The van der Waals surface area contributed by atoms with Crippen LogP contribution in [0.5, 0.6) is 0 Å². The Morgan fingerprint density at radius 3 is 0.565 bits per heavy atom. The van der Waals surface area contributed by atoms with Crippen LogP contribution in [0.25, 0.3) is 0 Å². The first-order chi connectivity index (χ1) is 57.5. The van der Waals surface area contributed by atoms with Crippen molar-refractivity contribution in [1.82, 2.24) is 36.0 Å². The number of aliphatic hydroxyl groups excluding tert-OH is 4. The molecule has 0 saturated heterocycles. The molecule has 0 bridgehead atoms. The number of halogens is 27. The number of ether oxygens (including phenoxy) is 16. The van der Waals surface area contributed by atoms with Crippen molar-refractivity contribution in [2.45, 2.75) is 72.4 Å². The Morgan fingerprint density at radius 1 is 0.218 bits per heavy atom. The number of hydrogen-bond donors (Lipinski definition) is 8. The molecule has 0 spiro atoms. The molecule has 0 saturated carbocycles. The Morgan fingerprint density at radius 2 is 0.387 bits per heavy atom. The topological polar surface area (TPSA) is 406 Å². The summed E-state index contributed by atoms with van der Waals surface area (Å²) in [4.78, 5) is 97.8. The average Bonchev–Trinajstić information content (AvgIpc) is 0.728. The number of nitrogens with zero attached hydrogens (tertiary/aromatic N) is 3. The minimum absolute atomic E-state index is 0.0103. The Labute approximate surface area is 685 Å². The third kappa shape index (κ3) is 41.8. The van der Waals surface area contributed by atoms with E-state index in [9.17, 15) is 152 Å². The van der Waals surface area contributed by atoms with Crippen LogP contribution in [-0.4, -0.2) is 432 Å². The monoisotopic (exact) mass is 1890 g/mol. The molecule has 0 aliphatic carbocycles. The molecule has 0 aliphatic heterocycles. The molecule has 34 nitrogen and oxygen atoms in total. The first-order valence-electron chi connectivity index (χ1n) is 35.9. The van der Waals surface area contributed by atoms with Crippen molar-refractivity contribution < 1.29 is 248 Å². The zero-order chi connectivity index (χ0) is 94.8. The van der Waals surface area contributed by atoms with E-state index in [4.69, 9.17) is 77.3 Å². The zero-order valence-corrected chi connectivity index (χ0v) is 65.1. The third-order valence-corrected chi connectivity index (χ3v) is 15.3. The second-order valence-corrected chi connectivity index (χ2v) is 24.8. The predicted octanol–water partition coefficient (Wildman–Crippen LogP) is 1.44. The van der Waals surface area contributed by atoms with Crippen molar-refractivity contribution >= 4 is 41.4 Å². The summed E-state index contributed by atoms with van der Waals surface area (Å²) in [6, 6.07) is 0. The number of rotatable bonds is 69. The Bertz CT molecular complexity index is 2580. The SMILES string of the molecule is O=C(CN(CC(=O)NCCOCCOCCOCCO)C(=O)CN(CC(=O)N(CC(=O)NCCOCCOCCOCCO)CC(=O)NCCOCCOCCOCCO)C(=O)COCC(COC(C(F)(F)F)(C(F)(F)F)C(F)(F)F)(COC(C(F)(F)F)(C(F)(F)F)C(F)(F)F)COC(C(F)(F)F)(C(F)(F)F)C(F)(F)F)NCCOCCOCCOCCO. The van der Waals surface area contributed by atoms with E-state index in [1.54, 1.807) is 0 Å². The van der Waals surface area contributed by atoms with Gasteiger partial charge in [0.05, 0.1) is 217 Å². The van der Waals surface area contributed by atoms with Crippen LogP contribution >= 0.6 is 0 Å². The summed E-state index contributed by atoms with van der Waals surface area (Å²) in [5, 5.41) is 43.9. The summed E-state index contributed by atoms with van der Waals surface area (Å²) in [5.41, 5.74) is -30.6. The Hall–Kier alpha value is -6.40. The van der Waals surface area contributed by atoms with Gasteiger partial charge in [0.25, 0.3) is 0 Å². The summed E-state index contributed by atoms with van der Waals surface area (Å²) in [5.74, 6) is -11.8. The summed E-state index contributed by atoms with van der Waals surface area (Å²) in [7, 11) is 0. The van der Waals surface area contributed by atoms with E-state index in [1.165, 1.54) is 0 Å². The second kappa shape index (κ2) is 57.5. The summed E-state index contributed by atoms with van der Waals surface area (Å²) in [6.07, 6.45) is -75.3. The molecule has 0 aromatic rings. The lowest BCUT2D eigenvalue weighted by atomic mass is 9.89. The van der Waals surface area contributed by atoms with Crippen molar-refractivity contribution in [3.05, 3.63) is 0 Å². The van der Waals surface area contributed by atoms with Crippen LogP contribution in [0.1, 0.15) is 0 Å². The number of carbonyl (C=O) groups is 7. The van der Waals surface area contributed by atoms with Gasteiger partial charge in [0.15, 0.2) is 0 Å². The standard InChI is InChI=1S/C63H94F27N7O27/c64-55(65,66)52(56(67,68)69,57(70,71)72)122-41-51(42-123-53(58(73,74)75,59(76,77)78)60(79,80)81,43-124-54(61(82,83)84,62(85,86)87)63(88,89)90)40-121-39-50(108)97(37-48(106)95(33-44(102)91-1-9-109-17-25-117-29-21-113-13-5-98)34-45(103)92-2-10-110-18-26-118-30-22-114-14-6-99)38-49(107)96(35-46(104)93-3-11-111-19-27-119-31-23-115-15-7-100)36-47(105)94-4-12-112-20-28-120-32-24-116-16-8-101/h98-101H,1-43H2,(H,91,102)(H,92,103)(H,93,104)(H,94,105). The van der Waals surface area contributed by atoms with Crippen LogP contribution < -0.4 is 21.3 Å². The van der Waals surface area contributed by atoms with Gasteiger partial charge in [0.1, 0.15) is 45.9 Å². The van der Waals surface area contributed by atoms with E-state index in [0.717, 1.165) is 0 Å². The van der Waals surface area contributed by atoms with Gasteiger partial charge >= 0.3 is 72.4 Å². The fraction of sp³-hybridized carbons (Fsp3) is 0.889. The molecule has 0 aromatic carbocycles. The van der Waals surface area contributed by atoms with Crippen molar-refractivity contribution in [3.63, 3.8) is 0 Å². The van der Waals surface area contributed by atoms with Crippen LogP contribution in [0.3, 0.4) is 0 Å². The first kappa shape index (κ1) is 118. The summed E-state index contributed by atoms with van der Waals surface area (Å²) in [6.45, 7) is -36.3. The largest absolute Gasteiger partial charge is 0.435 e. The van der Waals surface area contributed by atoms with Gasteiger partial charge in [-0.2, -0.15) is 119 Å². The van der Waals surface area contributed by atoms with Gasteiger partial charge in [-0.3, -0.25) is 33.6 Å². The highest BCUT2D eigenvalue weighted by Crippen LogP contribution is 2.59. The molecule has 0 heterocycles. The third-order valence-electron chi connectivity index (χ3n) is 15.3. The maximum Gasteiger partial charge on any atom is 0.435 e. The van der Waals surface area contributed by atoms with Gasteiger partial charge in [-0.25, -0.2) is 0 Å². The average molecular weight is 1890 g/mol. The molecule has 61 heteroatoms.